The number of H-pyrrole nitrogens is 1. The number of thiazole rings is 1. The fraction of sp³-hybridized carbons (Fsp3) is 0.500. The van der Waals surface area contributed by atoms with E-state index in [1.165, 1.54) is 17.4 Å². The van der Waals surface area contributed by atoms with Gasteiger partial charge in [-0.05, 0) is 82.4 Å². The molecule has 1 aliphatic heterocycles. The van der Waals surface area contributed by atoms with Crippen LogP contribution in [0.25, 0.3) is 10.9 Å². The van der Waals surface area contributed by atoms with Crippen LogP contribution >= 0.6 is 11.3 Å². The molecule has 1 fully saturated rings. The largest absolute Gasteiger partial charge is 0.461 e. The van der Waals surface area contributed by atoms with Crippen molar-refractivity contribution in [2.24, 2.45) is 0 Å². The van der Waals surface area contributed by atoms with E-state index >= 15 is 0 Å². The number of carbonyl (C=O) groups excluding carboxylic acids is 1. The second-order valence-corrected chi connectivity index (χ2v) is 8.94. The molecular weight excluding hydrogens is 432 g/mol. The summed E-state index contributed by atoms with van der Waals surface area (Å²) in [6.45, 7) is 9.47. The predicted octanol–water partition coefficient (Wildman–Crippen LogP) is 5.90. The summed E-state index contributed by atoms with van der Waals surface area (Å²) in [5.74, 6) is 0.131. The summed E-state index contributed by atoms with van der Waals surface area (Å²) in [7, 11) is 0. The van der Waals surface area contributed by atoms with Crippen molar-refractivity contribution in [3.05, 3.63) is 51.6 Å². The van der Waals surface area contributed by atoms with Crippen LogP contribution in [-0.2, 0) is 11.2 Å². The minimum absolute atomic E-state index is 0.318. The molecule has 4 rings (SSSR count). The molecule has 1 aromatic carbocycles. The summed E-state index contributed by atoms with van der Waals surface area (Å²) < 4.78 is 5.04. The van der Waals surface area contributed by atoms with Crippen molar-refractivity contribution in [1.29, 1.82) is 5.26 Å². The Morgan fingerprint density at radius 1 is 1.30 bits per heavy atom. The van der Waals surface area contributed by atoms with Gasteiger partial charge in [-0.1, -0.05) is 13.8 Å². The zero-order valence-corrected chi connectivity index (χ0v) is 20.7. The van der Waals surface area contributed by atoms with Gasteiger partial charge < -0.3 is 14.6 Å². The van der Waals surface area contributed by atoms with E-state index in [1.54, 1.807) is 11.3 Å². The number of benzene rings is 1. The van der Waals surface area contributed by atoms with Crippen LogP contribution in [0.1, 0.15) is 79.0 Å². The third-order valence-corrected chi connectivity index (χ3v) is 7.02. The van der Waals surface area contributed by atoms with Gasteiger partial charge in [0.2, 0.25) is 0 Å². The maximum Gasteiger partial charge on any atom is 0.357 e. The van der Waals surface area contributed by atoms with E-state index in [9.17, 15) is 4.79 Å². The molecule has 6 nitrogen and oxygen atoms in total. The molecule has 0 saturated carbocycles. The van der Waals surface area contributed by atoms with Gasteiger partial charge in [0, 0.05) is 28.4 Å². The second kappa shape index (κ2) is 12.5. The lowest BCUT2D eigenvalue weighted by atomic mass is 9.97. The molecule has 1 N–H and O–H groups in total. The van der Waals surface area contributed by atoms with E-state index in [4.69, 9.17) is 10.00 Å². The molecule has 0 bridgehead atoms. The van der Waals surface area contributed by atoms with Crippen molar-refractivity contribution >= 4 is 28.2 Å². The monoisotopic (exact) mass is 466 g/mol. The molecule has 176 valence electrons. The predicted molar refractivity (Wildman–Crippen MR) is 134 cm³/mol. The Morgan fingerprint density at radius 2 is 2.09 bits per heavy atom. The van der Waals surface area contributed by atoms with E-state index in [0.29, 0.717) is 23.8 Å². The first-order valence-electron chi connectivity index (χ1n) is 12.0. The Morgan fingerprint density at radius 3 is 2.82 bits per heavy atom. The summed E-state index contributed by atoms with van der Waals surface area (Å²) in [5.41, 5.74) is 3.56. The number of hydrogen-bond acceptors (Lipinski definition) is 6. The number of aromatic nitrogens is 2. The summed E-state index contributed by atoms with van der Waals surface area (Å²) >= 11 is 1.58. The number of rotatable bonds is 8. The second-order valence-electron chi connectivity index (χ2n) is 8.05. The smallest absolute Gasteiger partial charge is 0.357 e. The number of aryl methyl sites for hydroxylation is 1. The number of likely N-dealkylation sites (tertiary alicyclic amines) is 1. The van der Waals surface area contributed by atoms with Gasteiger partial charge >= 0.3 is 5.97 Å². The van der Waals surface area contributed by atoms with Crippen LogP contribution in [-0.4, -0.2) is 47.1 Å². The fourth-order valence-electron chi connectivity index (χ4n) is 4.28. The van der Waals surface area contributed by atoms with Gasteiger partial charge in [-0.15, -0.1) is 11.3 Å². The normalized spacial score (nSPS) is 14.5. The minimum atomic E-state index is -0.318. The first-order valence-corrected chi connectivity index (χ1v) is 12.9. The van der Waals surface area contributed by atoms with E-state index in [2.05, 4.69) is 27.1 Å². The van der Waals surface area contributed by atoms with Crippen molar-refractivity contribution in [2.45, 2.75) is 58.8 Å². The molecule has 2 aromatic heterocycles. The zero-order chi connectivity index (χ0) is 23.6. The Kier molecular flexibility index (Phi) is 9.47. The number of piperidine rings is 1. The molecular formula is C26H34N4O2S. The van der Waals surface area contributed by atoms with E-state index in [0.717, 1.165) is 55.8 Å². The van der Waals surface area contributed by atoms with Crippen LogP contribution in [0.5, 0.6) is 0 Å². The molecule has 33 heavy (non-hydrogen) atoms. The number of nitrogens with one attached hydrogen (secondary N) is 1. The number of esters is 1. The van der Waals surface area contributed by atoms with Crippen molar-refractivity contribution < 1.29 is 9.53 Å². The van der Waals surface area contributed by atoms with Gasteiger partial charge in [0.05, 0.1) is 23.2 Å². The molecule has 0 radical (unpaired) electrons. The van der Waals surface area contributed by atoms with Crippen LogP contribution in [0.4, 0.5) is 0 Å². The van der Waals surface area contributed by atoms with Gasteiger partial charge in [0.1, 0.15) is 0 Å². The van der Waals surface area contributed by atoms with E-state index in [1.807, 2.05) is 44.4 Å². The topological polar surface area (TPSA) is 82.0 Å². The van der Waals surface area contributed by atoms with Gasteiger partial charge in [0.25, 0.3) is 0 Å². The van der Waals surface area contributed by atoms with Crippen LogP contribution < -0.4 is 0 Å². The first kappa shape index (κ1) is 24.9. The van der Waals surface area contributed by atoms with Crippen LogP contribution in [0, 0.1) is 11.3 Å². The van der Waals surface area contributed by atoms with Crippen molar-refractivity contribution in [3.63, 3.8) is 0 Å². The van der Waals surface area contributed by atoms with Gasteiger partial charge in [0.15, 0.2) is 5.69 Å². The SMILES string of the molecule is CC.CCOC(=O)c1csc(C2CCN(CCCCc3c[nH]c4ccc(C#N)cc34)CC2)n1. The molecule has 1 saturated heterocycles. The number of carbonyl (C=O) groups is 1. The lowest BCUT2D eigenvalue weighted by Crippen LogP contribution is -2.33. The molecule has 0 atom stereocenters. The van der Waals surface area contributed by atoms with Gasteiger partial charge in [-0.25, -0.2) is 9.78 Å². The Labute approximate surface area is 200 Å². The molecule has 0 spiro atoms. The highest BCUT2D eigenvalue weighted by Crippen LogP contribution is 2.30. The van der Waals surface area contributed by atoms with Crippen molar-refractivity contribution in [2.75, 3.05) is 26.2 Å². The summed E-state index contributed by atoms with van der Waals surface area (Å²) in [6, 6.07) is 8.05. The Hall–Kier alpha value is -2.69. The summed E-state index contributed by atoms with van der Waals surface area (Å²) in [5, 5.41) is 13.2. The third kappa shape index (κ3) is 6.43. The molecule has 0 amide bonds. The van der Waals surface area contributed by atoms with Crippen molar-refractivity contribution in [1.82, 2.24) is 14.9 Å². The number of unbranched alkanes of at least 4 members (excludes halogenated alkanes) is 1. The third-order valence-electron chi connectivity index (χ3n) is 6.01. The number of aromatic amines is 1. The number of hydrogen-bond donors (Lipinski definition) is 1. The number of fused-ring (bicyclic) bond motifs is 1. The quantitative estimate of drug-likeness (QED) is 0.330. The van der Waals surface area contributed by atoms with Crippen molar-refractivity contribution in [3.8, 4) is 6.07 Å². The lowest BCUT2D eigenvalue weighted by molar-refractivity contribution is 0.0520. The van der Waals surface area contributed by atoms with E-state index < -0.39 is 0 Å². The fourth-order valence-corrected chi connectivity index (χ4v) is 5.24. The lowest BCUT2D eigenvalue weighted by Gasteiger charge is -2.31. The molecule has 3 aromatic rings. The highest BCUT2D eigenvalue weighted by Gasteiger charge is 2.24. The minimum Gasteiger partial charge on any atom is -0.461 e. The number of nitrogens with zero attached hydrogens (tertiary/aromatic N) is 3. The average molecular weight is 467 g/mol. The highest BCUT2D eigenvalue weighted by atomic mass is 32.1. The summed E-state index contributed by atoms with van der Waals surface area (Å²) in [6.07, 6.45) is 7.60. The molecule has 7 heteroatoms. The molecule has 0 unspecified atom stereocenters. The Balaban J connectivity index is 0.00000149. The summed E-state index contributed by atoms with van der Waals surface area (Å²) in [4.78, 5) is 22.2. The maximum atomic E-state index is 11.8. The average Bonchev–Trinajstić information content (AvgIpc) is 3.51. The van der Waals surface area contributed by atoms with Gasteiger partial charge in [-0.2, -0.15) is 5.26 Å². The van der Waals surface area contributed by atoms with Crippen LogP contribution in [0.3, 0.4) is 0 Å². The van der Waals surface area contributed by atoms with Crippen LogP contribution in [0.2, 0.25) is 0 Å². The standard InChI is InChI=1S/C24H28N4O2S.C2H6/c1-2-30-24(29)22-16-31-23(27-22)18-8-11-28(12-9-18)10-4-3-5-19-15-26-21-7-6-17(14-25)13-20(19)21;1-2/h6-7,13,15-16,18,26H,2-5,8-12H2,1H3;1-2H3. The maximum absolute atomic E-state index is 11.8. The zero-order valence-electron chi connectivity index (χ0n) is 19.9. The highest BCUT2D eigenvalue weighted by molar-refractivity contribution is 7.09. The van der Waals surface area contributed by atoms with E-state index in [-0.39, 0.29) is 5.97 Å². The van der Waals surface area contributed by atoms with Crippen LogP contribution in [0.15, 0.2) is 29.8 Å². The molecule has 1 aliphatic rings. The molecule has 3 heterocycles. The number of nitriles is 1. The Bertz CT molecular complexity index is 1070. The van der Waals surface area contributed by atoms with Gasteiger partial charge in [-0.3, -0.25) is 0 Å². The molecule has 0 aliphatic carbocycles. The first-order chi connectivity index (χ1) is 16.2. The number of ether oxygens (including phenoxy) is 1.